The number of aliphatic hydroxyl groups excluding tert-OH is 1. The number of pyridine rings is 1. The summed E-state index contributed by atoms with van der Waals surface area (Å²) < 4.78 is 8.75. The number of carbonyl (C=O) groups excluding carboxylic acids is 1. The van der Waals surface area contributed by atoms with Gasteiger partial charge in [-0.05, 0) is 60.9 Å². The Morgan fingerprint density at radius 1 is 0.857 bits per heavy atom. The molecule has 0 aliphatic carbocycles. The smallest absolute Gasteiger partial charge is 0.162 e. The number of carbonyl (C=O) groups is 1. The van der Waals surface area contributed by atoms with Crippen LogP contribution in [0.1, 0.15) is 58.9 Å². The third kappa shape index (κ3) is 7.28. The van der Waals surface area contributed by atoms with E-state index in [1.165, 1.54) is 31.6 Å². The van der Waals surface area contributed by atoms with Gasteiger partial charge in [-0.2, -0.15) is 11.3 Å². The van der Waals surface area contributed by atoms with E-state index in [1.54, 1.807) is 0 Å². The minimum Gasteiger partial charge on any atom is -0.512 e. The first-order chi connectivity index (χ1) is 23.4. The molecule has 253 valence electrons. The standard InChI is InChI=1S/C30H18NOS.C13H24O2.Ir/c1-18-21-9-4-6-12-26(21)32-29(18)20-14-15-31-25(17-20)24-16-19-8-2-3-10-22(19)28-23-11-5-7-13-27(23)33-30(24)28;1-5-10(6-2)12(14)9-13(15)11(7-3)8-4;/h2-15,17H,1H3;9-11,14H,5-8H2,1-4H3;/q-1;;/b;12-9-;. The van der Waals surface area contributed by atoms with E-state index in [4.69, 9.17) is 9.40 Å². The van der Waals surface area contributed by atoms with Gasteiger partial charge in [0, 0.05) is 71.1 Å². The van der Waals surface area contributed by atoms with Gasteiger partial charge in [0.2, 0.25) is 0 Å². The second-order valence-electron chi connectivity index (χ2n) is 12.3. The van der Waals surface area contributed by atoms with Gasteiger partial charge < -0.3 is 9.52 Å². The minimum atomic E-state index is 0. The van der Waals surface area contributed by atoms with Gasteiger partial charge in [0.25, 0.3) is 0 Å². The van der Waals surface area contributed by atoms with Crippen molar-refractivity contribution < 1.29 is 34.4 Å². The molecular formula is C43H42IrNO3S-. The molecule has 0 saturated carbocycles. The number of benzene rings is 4. The van der Waals surface area contributed by atoms with Gasteiger partial charge in [0.05, 0.1) is 5.76 Å². The van der Waals surface area contributed by atoms with Crippen LogP contribution in [-0.2, 0) is 24.9 Å². The Hall–Kier alpha value is -4.09. The summed E-state index contributed by atoms with van der Waals surface area (Å²) in [6.07, 6.45) is 6.78. The summed E-state index contributed by atoms with van der Waals surface area (Å²) in [6.45, 7) is 10.2. The molecule has 7 aromatic rings. The first kappa shape index (κ1) is 36.2. The van der Waals surface area contributed by atoms with Crippen molar-refractivity contribution >= 4 is 59.0 Å². The number of aromatic nitrogens is 1. The van der Waals surface area contributed by atoms with Crippen molar-refractivity contribution in [3.63, 3.8) is 0 Å². The van der Waals surface area contributed by atoms with E-state index in [0.29, 0.717) is 0 Å². The number of ketones is 1. The van der Waals surface area contributed by atoms with E-state index in [-0.39, 0.29) is 43.5 Å². The Kier molecular flexibility index (Phi) is 11.9. The average Bonchev–Trinajstić information content (AvgIpc) is 3.68. The van der Waals surface area contributed by atoms with E-state index in [2.05, 4.69) is 79.7 Å². The average molecular weight is 845 g/mol. The fraction of sp³-hybridized carbons (Fsp3) is 0.256. The Morgan fingerprint density at radius 2 is 1.49 bits per heavy atom. The predicted octanol–water partition coefficient (Wildman–Crippen LogP) is 12.7. The van der Waals surface area contributed by atoms with Gasteiger partial charge in [0.1, 0.15) is 11.3 Å². The van der Waals surface area contributed by atoms with Gasteiger partial charge in [-0.15, -0.1) is 17.5 Å². The second kappa shape index (κ2) is 16.1. The zero-order valence-electron chi connectivity index (χ0n) is 28.7. The Morgan fingerprint density at radius 3 is 2.18 bits per heavy atom. The molecule has 0 fully saturated rings. The molecule has 49 heavy (non-hydrogen) atoms. The van der Waals surface area contributed by atoms with Crippen molar-refractivity contribution in [1.82, 2.24) is 4.98 Å². The molecule has 0 aliphatic heterocycles. The van der Waals surface area contributed by atoms with Crippen LogP contribution in [-0.4, -0.2) is 15.9 Å². The number of aryl methyl sites for hydroxylation is 1. The van der Waals surface area contributed by atoms with Gasteiger partial charge >= 0.3 is 0 Å². The summed E-state index contributed by atoms with van der Waals surface area (Å²) in [4.78, 5) is 16.5. The number of furan rings is 1. The maximum absolute atomic E-state index is 11.7. The molecule has 0 saturated heterocycles. The third-order valence-corrected chi connectivity index (χ3v) is 10.7. The van der Waals surface area contributed by atoms with Crippen LogP contribution in [0.3, 0.4) is 0 Å². The summed E-state index contributed by atoms with van der Waals surface area (Å²) in [5, 5.41) is 15.8. The summed E-state index contributed by atoms with van der Waals surface area (Å²) in [7, 11) is 0. The number of hydrogen-bond acceptors (Lipinski definition) is 5. The summed E-state index contributed by atoms with van der Waals surface area (Å²) in [5.41, 5.74) is 5.05. The molecule has 0 spiro atoms. The Labute approximate surface area is 306 Å². The first-order valence-electron chi connectivity index (χ1n) is 17.0. The summed E-state index contributed by atoms with van der Waals surface area (Å²) >= 11 is 1.81. The quantitative estimate of drug-likeness (QED) is 0.0893. The van der Waals surface area contributed by atoms with E-state index in [9.17, 15) is 9.90 Å². The third-order valence-electron chi connectivity index (χ3n) is 9.48. The van der Waals surface area contributed by atoms with E-state index in [1.807, 2.05) is 63.4 Å². The largest absolute Gasteiger partial charge is 0.512 e. The monoisotopic (exact) mass is 845 g/mol. The number of allylic oxidation sites excluding steroid dienone is 2. The first-order valence-corrected chi connectivity index (χ1v) is 17.8. The van der Waals surface area contributed by atoms with Crippen molar-refractivity contribution in [2.45, 2.75) is 60.3 Å². The van der Waals surface area contributed by atoms with Crippen molar-refractivity contribution in [3.05, 3.63) is 115 Å². The van der Waals surface area contributed by atoms with Crippen LogP contribution in [0.15, 0.2) is 107 Å². The number of para-hydroxylation sites is 1. The number of fused-ring (bicyclic) bond motifs is 6. The van der Waals surface area contributed by atoms with Gasteiger partial charge in [-0.1, -0.05) is 105 Å². The topological polar surface area (TPSA) is 63.3 Å². The van der Waals surface area contributed by atoms with Crippen LogP contribution in [0.25, 0.3) is 64.5 Å². The van der Waals surface area contributed by atoms with Gasteiger partial charge in [0.15, 0.2) is 5.78 Å². The van der Waals surface area contributed by atoms with E-state index < -0.39 is 0 Å². The van der Waals surface area contributed by atoms with Crippen LogP contribution in [0, 0.1) is 24.8 Å². The number of nitrogens with zero attached hydrogens (tertiary/aromatic N) is 1. The van der Waals surface area contributed by atoms with Crippen LogP contribution in [0.5, 0.6) is 0 Å². The molecule has 0 unspecified atom stereocenters. The summed E-state index contributed by atoms with van der Waals surface area (Å²) in [6, 6.07) is 33.2. The summed E-state index contributed by atoms with van der Waals surface area (Å²) in [5.74, 6) is 1.44. The van der Waals surface area contributed by atoms with Crippen LogP contribution < -0.4 is 0 Å². The molecule has 7 rings (SSSR count). The number of hydrogen-bond donors (Lipinski definition) is 1. The molecule has 6 heteroatoms. The Balaban J connectivity index is 0.000000252. The van der Waals surface area contributed by atoms with Crippen molar-refractivity contribution in [3.8, 4) is 22.6 Å². The predicted molar refractivity (Wildman–Crippen MR) is 203 cm³/mol. The molecular weight excluding hydrogens is 803 g/mol. The SMILES string of the molecule is CCC(CC)C(=O)/C=C(\O)C(CC)CC.Cc1c(-c2ccnc(-c3[c-]c4ccccc4c4c3sc3ccccc34)c2)oc2ccccc12.[Ir]. The molecule has 0 amide bonds. The van der Waals surface area contributed by atoms with Crippen LogP contribution in [0.2, 0.25) is 0 Å². The fourth-order valence-electron chi connectivity index (χ4n) is 6.61. The number of aliphatic hydroxyl groups is 1. The zero-order chi connectivity index (χ0) is 33.8. The zero-order valence-corrected chi connectivity index (χ0v) is 31.9. The molecule has 0 bridgehead atoms. The van der Waals surface area contributed by atoms with Gasteiger partial charge in [-0.25, -0.2) is 0 Å². The molecule has 3 aromatic heterocycles. The molecule has 4 nitrogen and oxygen atoms in total. The number of thiophene rings is 1. The van der Waals surface area contributed by atoms with Crippen LogP contribution in [0.4, 0.5) is 0 Å². The maximum atomic E-state index is 11.7. The normalized spacial score (nSPS) is 11.8. The molecule has 4 aromatic carbocycles. The molecule has 1 radical (unpaired) electrons. The number of rotatable bonds is 9. The fourth-order valence-corrected chi connectivity index (χ4v) is 7.83. The Bertz CT molecular complexity index is 2250. The second-order valence-corrected chi connectivity index (χ2v) is 13.4. The molecule has 0 aliphatic rings. The minimum absolute atomic E-state index is 0. The molecule has 1 N–H and O–H groups in total. The molecule has 3 heterocycles. The van der Waals surface area contributed by atoms with Crippen molar-refractivity contribution in [1.29, 1.82) is 0 Å². The van der Waals surface area contributed by atoms with Gasteiger partial charge in [-0.3, -0.25) is 9.78 Å². The molecule has 0 atom stereocenters. The van der Waals surface area contributed by atoms with Crippen molar-refractivity contribution in [2.24, 2.45) is 11.8 Å². The van der Waals surface area contributed by atoms with Crippen molar-refractivity contribution in [2.75, 3.05) is 0 Å². The van der Waals surface area contributed by atoms with E-state index in [0.717, 1.165) is 70.2 Å². The van der Waals surface area contributed by atoms with E-state index >= 15 is 0 Å². The van der Waals surface area contributed by atoms with Crippen LogP contribution >= 0.6 is 11.3 Å². The maximum Gasteiger partial charge on any atom is 0.162 e.